The van der Waals surface area contributed by atoms with Gasteiger partial charge in [0.25, 0.3) is 0 Å². The molecule has 0 radical (unpaired) electrons. The van der Waals surface area contributed by atoms with Crippen LogP contribution in [0.1, 0.15) is 37.1 Å². The third-order valence-electron chi connectivity index (χ3n) is 3.18. The van der Waals surface area contributed by atoms with E-state index in [1.165, 1.54) is 11.3 Å². The van der Waals surface area contributed by atoms with Crippen LogP contribution >= 0.6 is 0 Å². The highest BCUT2D eigenvalue weighted by Gasteiger charge is 2.08. The molecule has 1 unspecified atom stereocenters. The van der Waals surface area contributed by atoms with Crippen LogP contribution in [0.4, 0.5) is 0 Å². The molecular weight excluding hydrogens is 222 g/mol. The van der Waals surface area contributed by atoms with Crippen LogP contribution < -0.4 is 5.73 Å². The van der Waals surface area contributed by atoms with Gasteiger partial charge in [-0.3, -0.25) is 4.68 Å². The summed E-state index contributed by atoms with van der Waals surface area (Å²) < 4.78 is 2.08. The Bertz CT molecular complexity index is 462. The third kappa shape index (κ3) is 3.20. The zero-order valence-corrected chi connectivity index (χ0v) is 10.9. The molecule has 0 spiro atoms. The van der Waals surface area contributed by atoms with Gasteiger partial charge in [0.1, 0.15) is 0 Å². The Balaban J connectivity index is 1.93. The Hall–Kier alpha value is -1.61. The molecule has 2 N–H and O–H groups in total. The first kappa shape index (κ1) is 12.8. The fourth-order valence-corrected chi connectivity index (χ4v) is 2.16. The maximum absolute atomic E-state index is 6.21. The predicted octanol–water partition coefficient (Wildman–Crippen LogP) is 2.93. The van der Waals surface area contributed by atoms with E-state index < -0.39 is 0 Å². The summed E-state index contributed by atoms with van der Waals surface area (Å²) in [5, 5.41) is 4.33. The van der Waals surface area contributed by atoms with Gasteiger partial charge in [-0.1, -0.05) is 37.3 Å². The van der Waals surface area contributed by atoms with Gasteiger partial charge in [0.15, 0.2) is 0 Å². The van der Waals surface area contributed by atoms with Crippen LogP contribution in [0.25, 0.3) is 0 Å². The van der Waals surface area contributed by atoms with E-state index in [1.54, 1.807) is 0 Å². The van der Waals surface area contributed by atoms with Crippen LogP contribution in [0.5, 0.6) is 0 Å². The molecule has 0 aliphatic rings. The minimum absolute atomic E-state index is 0.108. The molecule has 0 aliphatic carbocycles. The third-order valence-corrected chi connectivity index (χ3v) is 3.18. The van der Waals surface area contributed by atoms with Gasteiger partial charge in [0.2, 0.25) is 0 Å². The summed E-state index contributed by atoms with van der Waals surface area (Å²) in [5.74, 6) is 0. The fourth-order valence-electron chi connectivity index (χ4n) is 2.16. The number of nitrogens with zero attached hydrogens (tertiary/aromatic N) is 2. The van der Waals surface area contributed by atoms with E-state index in [-0.39, 0.29) is 6.04 Å². The molecule has 96 valence electrons. The van der Waals surface area contributed by atoms with Crippen LogP contribution in [-0.4, -0.2) is 9.78 Å². The smallest absolute Gasteiger partial charge is 0.0492 e. The minimum Gasteiger partial charge on any atom is -0.324 e. The van der Waals surface area contributed by atoms with Crippen molar-refractivity contribution in [3.8, 4) is 0 Å². The first-order valence-corrected chi connectivity index (χ1v) is 6.62. The molecule has 0 bridgehead atoms. The molecule has 2 aromatic rings. The Labute approximate surface area is 109 Å². The standard InChI is InChI=1S/C15H21N3/c1-2-12-18-14(10-11-17-18)8-9-15(16)13-6-4-3-5-7-13/h3-7,10-11,15H,2,8-9,12,16H2,1H3. The fraction of sp³-hybridized carbons (Fsp3) is 0.400. The monoisotopic (exact) mass is 243 g/mol. The van der Waals surface area contributed by atoms with Crippen LogP contribution in [0, 0.1) is 0 Å². The number of nitrogens with two attached hydrogens (primary N) is 1. The van der Waals surface area contributed by atoms with Crippen molar-refractivity contribution in [1.82, 2.24) is 9.78 Å². The van der Waals surface area contributed by atoms with Gasteiger partial charge in [-0.15, -0.1) is 0 Å². The highest BCUT2D eigenvalue weighted by Crippen LogP contribution is 2.16. The molecular formula is C15H21N3. The lowest BCUT2D eigenvalue weighted by Gasteiger charge is -2.12. The lowest BCUT2D eigenvalue weighted by atomic mass is 10.0. The second-order valence-electron chi connectivity index (χ2n) is 4.60. The Morgan fingerprint density at radius 2 is 2.00 bits per heavy atom. The zero-order valence-electron chi connectivity index (χ0n) is 10.9. The van der Waals surface area contributed by atoms with Gasteiger partial charge in [-0.2, -0.15) is 5.10 Å². The predicted molar refractivity (Wildman–Crippen MR) is 74.2 cm³/mol. The number of benzene rings is 1. The van der Waals surface area contributed by atoms with Gasteiger partial charge in [0.05, 0.1) is 0 Å². The molecule has 3 heteroatoms. The van der Waals surface area contributed by atoms with Crippen molar-refractivity contribution < 1.29 is 0 Å². The topological polar surface area (TPSA) is 43.8 Å². The molecule has 0 fully saturated rings. The van der Waals surface area contributed by atoms with Crippen molar-refractivity contribution >= 4 is 0 Å². The van der Waals surface area contributed by atoms with Gasteiger partial charge in [-0.05, 0) is 30.9 Å². The summed E-state index contributed by atoms with van der Waals surface area (Å²) in [7, 11) is 0. The van der Waals surface area contributed by atoms with Gasteiger partial charge >= 0.3 is 0 Å². The first-order valence-electron chi connectivity index (χ1n) is 6.62. The molecule has 2 rings (SSSR count). The van der Waals surface area contributed by atoms with Crippen molar-refractivity contribution in [1.29, 1.82) is 0 Å². The number of hydrogen-bond acceptors (Lipinski definition) is 2. The summed E-state index contributed by atoms with van der Waals surface area (Å²) in [4.78, 5) is 0. The van der Waals surface area contributed by atoms with Crippen molar-refractivity contribution in [2.45, 2.75) is 38.8 Å². The Morgan fingerprint density at radius 3 is 2.72 bits per heavy atom. The highest BCUT2D eigenvalue weighted by atomic mass is 15.3. The second-order valence-corrected chi connectivity index (χ2v) is 4.60. The quantitative estimate of drug-likeness (QED) is 0.847. The zero-order chi connectivity index (χ0) is 12.8. The van der Waals surface area contributed by atoms with Crippen LogP contribution in [0.15, 0.2) is 42.6 Å². The minimum atomic E-state index is 0.108. The summed E-state index contributed by atoms with van der Waals surface area (Å²) in [5.41, 5.74) is 8.69. The summed E-state index contributed by atoms with van der Waals surface area (Å²) in [6.07, 6.45) is 4.92. The molecule has 1 heterocycles. The van der Waals surface area contributed by atoms with Crippen molar-refractivity contribution in [2.24, 2.45) is 5.73 Å². The lowest BCUT2D eigenvalue weighted by molar-refractivity contribution is 0.551. The number of rotatable bonds is 6. The summed E-state index contributed by atoms with van der Waals surface area (Å²) in [6.45, 7) is 3.16. The number of aromatic nitrogens is 2. The van der Waals surface area contributed by atoms with E-state index in [9.17, 15) is 0 Å². The van der Waals surface area contributed by atoms with Crippen molar-refractivity contribution in [3.05, 3.63) is 53.9 Å². The molecule has 1 atom stereocenters. The average molecular weight is 243 g/mol. The molecule has 18 heavy (non-hydrogen) atoms. The molecule has 0 amide bonds. The SMILES string of the molecule is CCCn1nccc1CCC(N)c1ccccc1. The van der Waals surface area contributed by atoms with Crippen molar-refractivity contribution in [3.63, 3.8) is 0 Å². The Kier molecular flexibility index (Phi) is 4.53. The van der Waals surface area contributed by atoms with Gasteiger partial charge in [0, 0.05) is 24.5 Å². The summed E-state index contributed by atoms with van der Waals surface area (Å²) in [6, 6.07) is 12.5. The second kappa shape index (κ2) is 6.36. The molecule has 0 aliphatic heterocycles. The largest absolute Gasteiger partial charge is 0.324 e. The molecule has 3 nitrogen and oxygen atoms in total. The maximum Gasteiger partial charge on any atom is 0.0492 e. The van der Waals surface area contributed by atoms with Gasteiger partial charge < -0.3 is 5.73 Å². The highest BCUT2D eigenvalue weighted by molar-refractivity contribution is 5.18. The van der Waals surface area contributed by atoms with E-state index >= 15 is 0 Å². The maximum atomic E-state index is 6.21. The molecule has 1 aromatic carbocycles. The van der Waals surface area contributed by atoms with E-state index in [0.29, 0.717) is 0 Å². The average Bonchev–Trinajstić information content (AvgIpc) is 2.85. The van der Waals surface area contributed by atoms with Crippen molar-refractivity contribution in [2.75, 3.05) is 0 Å². The first-order chi connectivity index (χ1) is 8.81. The van der Waals surface area contributed by atoms with Crippen LogP contribution in [0.2, 0.25) is 0 Å². The van der Waals surface area contributed by atoms with E-state index in [1.807, 2.05) is 24.4 Å². The van der Waals surface area contributed by atoms with Crippen LogP contribution in [0.3, 0.4) is 0 Å². The summed E-state index contributed by atoms with van der Waals surface area (Å²) >= 11 is 0. The molecule has 0 saturated heterocycles. The lowest BCUT2D eigenvalue weighted by Crippen LogP contribution is -2.13. The normalized spacial score (nSPS) is 12.6. The van der Waals surface area contributed by atoms with Gasteiger partial charge in [-0.25, -0.2) is 0 Å². The van der Waals surface area contributed by atoms with E-state index in [2.05, 4.69) is 34.9 Å². The molecule has 0 saturated carbocycles. The number of aryl methyl sites for hydroxylation is 2. The van der Waals surface area contributed by atoms with E-state index in [0.717, 1.165) is 25.8 Å². The number of hydrogen-bond donors (Lipinski definition) is 1. The van der Waals surface area contributed by atoms with Crippen LogP contribution in [-0.2, 0) is 13.0 Å². The Morgan fingerprint density at radius 1 is 1.22 bits per heavy atom. The van der Waals surface area contributed by atoms with E-state index in [4.69, 9.17) is 5.73 Å². The molecule has 1 aromatic heterocycles.